The van der Waals surface area contributed by atoms with E-state index in [1.165, 1.54) is 6.20 Å². The molecule has 1 aromatic rings. The molecular weight excluding hydrogens is 278 g/mol. The predicted octanol–water partition coefficient (Wildman–Crippen LogP) is 1.19. The topological polar surface area (TPSA) is 74.5 Å². The van der Waals surface area contributed by atoms with Gasteiger partial charge >= 0.3 is 0 Å². The van der Waals surface area contributed by atoms with Gasteiger partial charge in [-0.1, -0.05) is 11.6 Å². The molecule has 6 nitrogen and oxygen atoms in total. The van der Waals surface area contributed by atoms with Crippen molar-refractivity contribution >= 4 is 23.3 Å². The number of hydrazine groups is 1. The van der Waals surface area contributed by atoms with E-state index in [1.807, 2.05) is 19.0 Å². The number of aromatic nitrogens is 1. The van der Waals surface area contributed by atoms with E-state index in [4.69, 9.17) is 17.4 Å². The summed E-state index contributed by atoms with van der Waals surface area (Å²) in [6, 6.07) is 1.86. The Balaban J connectivity index is 2.16. The Hall–Kier alpha value is -1.37. The largest absolute Gasteiger partial charge is 0.334 e. The SMILES string of the molecule is CN(C)CC1CCCN1C(=O)c1cnc(NN)c(Cl)c1. The lowest BCUT2D eigenvalue weighted by Gasteiger charge is -2.27. The Labute approximate surface area is 123 Å². The molecule has 1 amide bonds. The standard InChI is InChI=1S/C13H20ClN5O/c1-18(2)8-10-4-3-5-19(10)13(20)9-6-11(14)12(17-15)16-7-9/h6-7,10H,3-5,8,15H2,1-2H3,(H,16,17). The van der Waals surface area contributed by atoms with Crippen LogP contribution >= 0.6 is 11.6 Å². The van der Waals surface area contributed by atoms with Crippen molar-refractivity contribution in [3.63, 3.8) is 0 Å². The maximum Gasteiger partial charge on any atom is 0.255 e. The number of carbonyl (C=O) groups is 1. The van der Waals surface area contributed by atoms with Gasteiger partial charge in [-0.05, 0) is 33.0 Å². The van der Waals surface area contributed by atoms with Crippen molar-refractivity contribution in [3.05, 3.63) is 22.8 Å². The zero-order valence-corrected chi connectivity index (χ0v) is 12.5. The van der Waals surface area contributed by atoms with E-state index in [9.17, 15) is 4.79 Å². The molecule has 2 rings (SSSR count). The number of amides is 1. The molecule has 1 aromatic heterocycles. The number of rotatable bonds is 4. The van der Waals surface area contributed by atoms with Crippen LogP contribution in [0.4, 0.5) is 5.82 Å². The summed E-state index contributed by atoms with van der Waals surface area (Å²) in [7, 11) is 4.03. The van der Waals surface area contributed by atoms with Gasteiger partial charge in [-0.15, -0.1) is 0 Å². The molecule has 0 bridgehead atoms. The van der Waals surface area contributed by atoms with E-state index in [0.717, 1.165) is 25.9 Å². The Morgan fingerprint density at radius 2 is 2.40 bits per heavy atom. The molecular formula is C13H20ClN5O. The van der Waals surface area contributed by atoms with Gasteiger partial charge in [-0.2, -0.15) is 0 Å². The minimum Gasteiger partial charge on any atom is -0.334 e. The van der Waals surface area contributed by atoms with Gasteiger partial charge in [-0.3, -0.25) is 4.79 Å². The lowest BCUT2D eigenvalue weighted by Crippen LogP contribution is -2.41. The van der Waals surface area contributed by atoms with Gasteiger partial charge in [0.25, 0.3) is 5.91 Å². The number of nitrogen functional groups attached to an aromatic ring is 1. The highest BCUT2D eigenvalue weighted by molar-refractivity contribution is 6.33. The summed E-state index contributed by atoms with van der Waals surface area (Å²) in [5.41, 5.74) is 2.89. The second-order valence-corrected chi connectivity index (χ2v) is 5.66. The first kappa shape index (κ1) is 15.0. The molecule has 110 valence electrons. The first-order valence-corrected chi connectivity index (χ1v) is 6.98. The third-order valence-corrected chi connectivity index (χ3v) is 3.73. The number of nitrogens with one attached hydrogen (secondary N) is 1. The number of pyridine rings is 1. The highest BCUT2D eigenvalue weighted by atomic mass is 35.5. The first-order chi connectivity index (χ1) is 9.52. The molecule has 1 unspecified atom stereocenters. The monoisotopic (exact) mass is 297 g/mol. The minimum absolute atomic E-state index is 0.0210. The van der Waals surface area contributed by atoms with Gasteiger partial charge in [-0.25, -0.2) is 10.8 Å². The Kier molecular flexibility index (Phi) is 4.80. The van der Waals surface area contributed by atoms with Crippen molar-refractivity contribution in [3.8, 4) is 0 Å². The fraction of sp³-hybridized carbons (Fsp3) is 0.538. The van der Waals surface area contributed by atoms with Crippen LogP contribution in [0.3, 0.4) is 0 Å². The summed E-state index contributed by atoms with van der Waals surface area (Å²) in [6.45, 7) is 1.65. The zero-order valence-electron chi connectivity index (χ0n) is 11.8. The molecule has 1 aliphatic rings. The molecule has 0 spiro atoms. The summed E-state index contributed by atoms with van der Waals surface area (Å²) >= 11 is 6.02. The molecule has 20 heavy (non-hydrogen) atoms. The summed E-state index contributed by atoms with van der Waals surface area (Å²) < 4.78 is 0. The summed E-state index contributed by atoms with van der Waals surface area (Å²) in [6.07, 6.45) is 3.58. The maximum absolute atomic E-state index is 12.5. The van der Waals surface area contributed by atoms with Gasteiger partial charge in [0.15, 0.2) is 5.82 Å². The molecule has 0 aromatic carbocycles. The number of carbonyl (C=O) groups excluding carboxylic acids is 1. The van der Waals surface area contributed by atoms with Crippen LogP contribution in [0.25, 0.3) is 0 Å². The van der Waals surface area contributed by atoms with Crippen molar-refractivity contribution in [2.24, 2.45) is 5.84 Å². The van der Waals surface area contributed by atoms with Crippen molar-refractivity contribution < 1.29 is 4.79 Å². The highest BCUT2D eigenvalue weighted by Crippen LogP contribution is 2.24. The van der Waals surface area contributed by atoms with Crippen molar-refractivity contribution in [1.82, 2.24) is 14.8 Å². The van der Waals surface area contributed by atoms with Crippen LogP contribution in [0.15, 0.2) is 12.3 Å². The number of likely N-dealkylation sites (N-methyl/N-ethyl adjacent to an activating group) is 1. The smallest absolute Gasteiger partial charge is 0.255 e. The Morgan fingerprint density at radius 1 is 1.65 bits per heavy atom. The minimum atomic E-state index is -0.0210. The van der Waals surface area contributed by atoms with E-state index >= 15 is 0 Å². The number of hydrogen-bond acceptors (Lipinski definition) is 5. The molecule has 2 heterocycles. The molecule has 3 N–H and O–H groups in total. The summed E-state index contributed by atoms with van der Waals surface area (Å²) in [5, 5.41) is 0.349. The van der Waals surface area contributed by atoms with Gasteiger partial charge in [0, 0.05) is 25.3 Å². The molecule has 1 aliphatic heterocycles. The van der Waals surface area contributed by atoms with E-state index < -0.39 is 0 Å². The molecule has 0 aliphatic carbocycles. The van der Waals surface area contributed by atoms with Crippen molar-refractivity contribution in [2.75, 3.05) is 32.6 Å². The van der Waals surface area contributed by atoms with E-state index in [0.29, 0.717) is 16.4 Å². The molecule has 7 heteroatoms. The molecule has 0 saturated carbocycles. The van der Waals surface area contributed by atoms with Crippen LogP contribution in [-0.4, -0.2) is 53.9 Å². The van der Waals surface area contributed by atoms with Gasteiger partial charge < -0.3 is 15.2 Å². The molecule has 1 atom stereocenters. The summed E-state index contributed by atoms with van der Waals surface area (Å²) in [4.78, 5) is 20.6. The quantitative estimate of drug-likeness (QED) is 0.645. The fourth-order valence-corrected chi connectivity index (χ4v) is 2.76. The second kappa shape index (κ2) is 6.39. The van der Waals surface area contributed by atoms with Crippen LogP contribution in [0, 0.1) is 0 Å². The van der Waals surface area contributed by atoms with Crippen LogP contribution in [0.2, 0.25) is 5.02 Å². The molecule has 1 fully saturated rings. The van der Waals surface area contributed by atoms with Crippen LogP contribution < -0.4 is 11.3 Å². The van der Waals surface area contributed by atoms with Crippen molar-refractivity contribution in [2.45, 2.75) is 18.9 Å². The number of halogens is 1. The third kappa shape index (κ3) is 3.20. The lowest BCUT2D eigenvalue weighted by molar-refractivity contribution is 0.0716. The maximum atomic E-state index is 12.5. The first-order valence-electron chi connectivity index (χ1n) is 6.60. The zero-order chi connectivity index (χ0) is 14.7. The van der Waals surface area contributed by atoms with Gasteiger partial charge in [0.1, 0.15) is 0 Å². The average molecular weight is 298 g/mol. The van der Waals surface area contributed by atoms with Crippen LogP contribution in [0.5, 0.6) is 0 Å². The molecule has 1 saturated heterocycles. The van der Waals surface area contributed by atoms with E-state index in [1.54, 1.807) is 6.07 Å². The van der Waals surface area contributed by atoms with Crippen LogP contribution in [-0.2, 0) is 0 Å². The van der Waals surface area contributed by atoms with Crippen molar-refractivity contribution in [1.29, 1.82) is 0 Å². The lowest BCUT2D eigenvalue weighted by atomic mass is 10.2. The number of likely N-dealkylation sites (tertiary alicyclic amines) is 1. The number of anilines is 1. The Morgan fingerprint density at radius 3 is 3.00 bits per heavy atom. The predicted molar refractivity (Wildman–Crippen MR) is 79.7 cm³/mol. The highest BCUT2D eigenvalue weighted by Gasteiger charge is 2.30. The number of hydrogen-bond donors (Lipinski definition) is 2. The third-order valence-electron chi connectivity index (χ3n) is 3.44. The molecule has 0 radical (unpaired) electrons. The van der Waals surface area contributed by atoms with Gasteiger partial charge in [0.2, 0.25) is 0 Å². The normalized spacial score (nSPS) is 18.6. The van der Waals surface area contributed by atoms with Crippen LogP contribution in [0.1, 0.15) is 23.2 Å². The second-order valence-electron chi connectivity index (χ2n) is 5.26. The summed E-state index contributed by atoms with van der Waals surface area (Å²) in [5.74, 6) is 5.63. The van der Waals surface area contributed by atoms with Gasteiger partial charge in [0.05, 0.1) is 10.6 Å². The number of nitrogens with two attached hydrogens (primary N) is 1. The fourth-order valence-electron chi connectivity index (χ4n) is 2.54. The number of nitrogens with zero attached hydrogens (tertiary/aromatic N) is 3. The van der Waals surface area contributed by atoms with E-state index in [-0.39, 0.29) is 11.9 Å². The average Bonchev–Trinajstić information content (AvgIpc) is 2.85. The Bertz CT molecular complexity index is 494. The van der Waals surface area contributed by atoms with E-state index in [2.05, 4.69) is 15.3 Å².